The lowest BCUT2D eigenvalue weighted by Gasteiger charge is -2.16. The highest BCUT2D eigenvalue weighted by Gasteiger charge is 2.23. The first-order valence-corrected chi connectivity index (χ1v) is 9.65. The van der Waals surface area contributed by atoms with E-state index in [1.54, 1.807) is 12.1 Å². The minimum Gasteiger partial charge on any atom is -0.309 e. The van der Waals surface area contributed by atoms with Gasteiger partial charge in [-0.2, -0.15) is 10.2 Å². The third kappa shape index (κ3) is 4.91. The predicted molar refractivity (Wildman–Crippen MR) is 116 cm³/mol. The molecule has 0 bridgehead atoms. The molecule has 2 amide bonds. The minimum atomic E-state index is -0.516. The summed E-state index contributed by atoms with van der Waals surface area (Å²) in [6, 6.07) is 9.01. The van der Waals surface area contributed by atoms with Crippen molar-refractivity contribution in [1.82, 2.24) is 25.4 Å². The lowest BCUT2D eigenvalue weighted by molar-refractivity contribution is -0.123. The van der Waals surface area contributed by atoms with Gasteiger partial charge < -0.3 is 10.6 Å². The molecule has 9 heteroatoms. The molecule has 9 nitrogen and oxygen atoms in total. The topological polar surface area (TPSA) is 128 Å². The predicted octanol–water partition coefficient (Wildman–Crippen LogP) is 3.83. The summed E-state index contributed by atoms with van der Waals surface area (Å²) >= 11 is 0. The molecule has 3 heterocycles. The molecule has 0 aliphatic rings. The maximum absolute atomic E-state index is 12.1. The molecule has 158 valence electrons. The molecule has 3 aromatic heterocycles. The molecule has 0 spiro atoms. The molecule has 0 radical (unpaired) electrons. The van der Waals surface area contributed by atoms with Gasteiger partial charge in [-0.05, 0) is 12.1 Å². The molecule has 3 rings (SSSR count). The molecular weight excluding hydrogens is 382 g/mol. The first kappa shape index (κ1) is 21.2. The summed E-state index contributed by atoms with van der Waals surface area (Å²) < 4.78 is 0. The third-order valence-corrected chi connectivity index (χ3v) is 4.30. The van der Waals surface area contributed by atoms with Crippen LogP contribution in [0.15, 0.2) is 30.3 Å². The van der Waals surface area contributed by atoms with Crippen LogP contribution in [0.3, 0.4) is 0 Å². The van der Waals surface area contributed by atoms with Crippen LogP contribution in [0.2, 0.25) is 0 Å². The Balaban J connectivity index is 1.78. The fraction of sp³-hybridized carbons (Fsp3) is 0.381. The number of H-pyrrole nitrogens is 2. The van der Waals surface area contributed by atoms with Gasteiger partial charge in [0.1, 0.15) is 0 Å². The maximum atomic E-state index is 12.1. The van der Waals surface area contributed by atoms with Gasteiger partial charge in [0.2, 0.25) is 11.8 Å². The van der Waals surface area contributed by atoms with Crippen LogP contribution in [0.5, 0.6) is 0 Å². The lowest BCUT2D eigenvalue weighted by atomic mass is 9.96. The number of rotatable bonds is 4. The van der Waals surface area contributed by atoms with Gasteiger partial charge in [-0.15, -0.1) is 0 Å². The number of aromatic nitrogens is 5. The van der Waals surface area contributed by atoms with Gasteiger partial charge >= 0.3 is 0 Å². The smallest absolute Gasteiger partial charge is 0.230 e. The van der Waals surface area contributed by atoms with E-state index < -0.39 is 10.8 Å². The first-order chi connectivity index (χ1) is 13.9. The quantitative estimate of drug-likeness (QED) is 0.520. The largest absolute Gasteiger partial charge is 0.309 e. The zero-order valence-electron chi connectivity index (χ0n) is 18.0. The summed E-state index contributed by atoms with van der Waals surface area (Å²) in [4.78, 5) is 28.9. The first-order valence-electron chi connectivity index (χ1n) is 9.65. The Morgan fingerprint density at radius 2 is 1.17 bits per heavy atom. The van der Waals surface area contributed by atoms with E-state index in [4.69, 9.17) is 0 Å². The fourth-order valence-corrected chi connectivity index (χ4v) is 2.38. The SMILES string of the molecule is CC(C)(C)C(=O)Nc1cc(-c2cccc(-c3cc(NC(=O)C(C)(C)C)n[nH]3)n2)[nH]n1. The van der Waals surface area contributed by atoms with Crippen LogP contribution in [0.4, 0.5) is 11.6 Å². The van der Waals surface area contributed by atoms with Crippen molar-refractivity contribution in [3.63, 3.8) is 0 Å². The summed E-state index contributed by atoms with van der Waals surface area (Å²) in [7, 11) is 0. The Bertz CT molecular complexity index is 986. The molecule has 3 aromatic rings. The monoisotopic (exact) mass is 409 g/mol. The average molecular weight is 409 g/mol. The van der Waals surface area contributed by atoms with Crippen LogP contribution in [0.1, 0.15) is 41.5 Å². The van der Waals surface area contributed by atoms with Crippen LogP contribution in [0.25, 0.3) is 22.8 Å². The van der Waals surface area contributed by atoms with Crippen molar-refractivity contribution in [2.75, 3.05) is 10.6 Å². The Morgan fingerprint density at radius 1 is 0.767 bits per heavy atom. The van der Waals surface area contributed by atoms with Gasteiger partial charge in [0.25, 0.3) is 0 Å². The minimum absolute atomic E-state index is 0.121. The molecule has 0 unspecified atom stereocenters. The Labute approximate surface area is 175 Å². The molecule has 0 saturated carbocycles. The molecular formula is C21H27N7O2. The number of carbonyl (C=O) groups is 2. The summed E-state index contributed by atoms with van der Waals surface area (Å²) in [6.45, 7) is 11.0. The highest BCUT2D eigenvalue weighted by Crippen LogP contribution is 2.25. The second-order valence-electron chi connectivity index (χ2n) is 9.15. The van der Waals surface area contributed by atoms with Crippen molar-refractivity contribution in [3.8, 4) is 22.8 Å². The van der Waals surface area contributed by atoms with E-state index in [0.717, 1.165) is 0 Å². The molecule has 0 atom stereocenters. The van der Waals surface area contributed by atoms with E-state index in [2.05, 4.69) is 36.0 Å². The number of amides is 2. The zero-order valence-corrected chi connectivity index (χ0v) is 18.0. The van der Waals surface area contributed by atoms with Crippen LogP contribution >= 0.6 is 0 Å². The van der Waals surface area contributed by atoms with Gasteiger partial charge in [-0.25, -0.2) is 4.98 Å². The second-order valence-corrected chi connectivity index (χ2v) is 9.15. The molecule has 0 aliphatic heterocycles. The summed E-state index contributed by atoms with van der Waals surface area (Å²) in [6.07, 6.45) is 0. The van der Waals surface area contributed by atoms with Crippen molar-refractivity contribution in [3.05, 3.63) is 30.3 Å². The zero-order chi connectivity index (χ0) is 22.1. The van der Waals surface area contributed by atoms with Crippen molar-refractivity contribution < 1.29 is 9.59 Å². The number of pyridine rings is 1. The van der Waals surface area contributed by atoms with E-state index >= 15 is 0 Å². The average Bonchev–Trinajstić information content (AvgIpc) is 3.30. The molecule has 0 saturated heterocycles. The Kier molecular flexibility index (Phi) is 5.47. The van der Waals surface area contributed by atoms with Crippen molar-refractivity contribution in [1.29, 1.82) is 0 Å². The highest BCUT2D eigenvalue weighted by atomic mass is 16.2. The summed E-state index contributed by atoms with van der Waals surface area (Å²) in [5.41, 5.74) is 1.62. The number of aromatic amines is 2. The number of anilines is 2. The van der Waals surface area contributed by atoms with E-state index in [-0.39, 0.29) is 11.8 Å². The number of hydrogen-bond acceptors (Lipinski definition) is 5. The Morgan fingerprint density at radius 3 is 1.53 bits per heavy atom. The van der Waals surface area contributed by atoms with Gasteiger partial charge in [-0.3, -0.25) is 19.8 Å². The van der Waals surface area contributed by atoms with Gasteiger partial charge in [0.05, 0.1) is 22.8 Å². The molecule has 0 aromatic carbocycles. The summed E-state index contributed by atoms with van der Waals surface area (Å²) in [5.74, 6) is 0.630. The van der Waals surface area contributed by atoms with E-state index in [1.165, 1.54) is 0 Å². The number of carbonyl (C=O) groups excluding carboxylic acids is 2. The second kappa shape index (κ2) is 7.74. The summed E-state index contributed by atoms with van der Waals surface area (Å²) in [5, 5.41) is 19.7. The molecule has 4 N–H and O–H groups in total. The lowest BCUT2D eigenvalue weighted by Crippen LogP contribution is -2.27. The van der Waals surface area contributed by atoms with Crippen molar-refractivity contribution in [2.24, 2.45) is 10.8 Å². The standard InChI is InChI=1S/C21H27N7O2/c1-20(2,3)18(29)23-16-10-14(25-27-16)12-8-7-9-13(22-12)15-11-17(28-26-15)24-19(30)21(4,5)6/h7-11H,1-6H3,(H2,23,25,27,29)(H2,24,26,28,30). The van der Waals surface area contributed by atoms with E-state index in [1.807, 2.05) is 59.7 Å². The van der Waals surface area contributed by atoms with Gasteiger partial charge in [-0.1, -0.05) is 47.6 Å². The number of nitrogens with one attached hydrogen (secondary N) is 4. The van der Waals surface area contributed by atoms with Crippen molar-refractivity contribution >= 4 is 23.5 Å². The molecule has 0 aliphatic carbocycles. The normalized spacial score (nSPS) is 11.9. The van der Waals surface area contributed by atoms with Gasteiger partial charge in [0, 0.05) is 23.0 Å². The van der Waals surface area contributed by atoms with Crippen LogP contribution in [-0.2, 0) is 9.59 Å². The number of hydrogen-bond donors (Lipinski definition) is 4. The van der Waals surface area contributed by atoms with Crippen LogP contribution in [-0.4, -0.2) is 37.2 Å². The molecule has 0 fully saturated rings. The maximum Gasteiger partial charge on any atom is 0.230 e. The Hall–Kier alpha value is -3.49. The van der Waals surface area contributed by atoms with E-state index in [9.17, 15) is 9.59 Å². The van der Waals surface area contributed by atoms with Crippen LogP contribution in [0, 0.1) is 10.8 Å². The molecule has 30 heavy (non-hydrogen) atoms. The fourth-order valence-electron chi connectivity index (χ4n) is 2.38. The van der Waals surface area contributed by atoms with Crippen molar-refractivity contribution in [2.45, 2.75) is 41.5 Å². The van der Waals surface area contributed by atoms with E-state index in [0.29, 0.717) is 34.4 Å². The highest BCUT2D eigenvalue weighted by molar-refractivity contribution is 5.94. The number of nitrogens with zero attached hydrogens (tertiary/aromatic N) is 3. The van der Waals surface area contributed by atoms with Crippen LogP contribution < -0.4 is 10.6 Å². The third-order valence-electron chi connectivity index (χ3n) is 4.30. The van der Waals surface area contributed by atoms with Gasteiger partial charge in [0.15, 0.2) is 11.6 Å².